The van der Waals surface area contributed by atoms with Crippen LogP contribution in [0.15, 0.2) is 280 Å². The summed E-state index contributed by atoms with van der Waals surface area (Å²) in [5.41, 5.74) is 51.8. The van der Waals surface area contributed by atoms with Crippen molar-refractivity contribution in [1.82, 2.24) is 18.7 Å². The van der Waals surface area contributed by atoms with Crippen molar-refractivity contribution in [2.45, 2.75) is 20.4 Å². The first-order chi connectivity index (χ1) is 43.5. The lowest BCUT2D eigenvalue weighted by Crippen LogP contribution is -2.39. The zero-order chi connectivity index (χ0) is 59.3. The van der Waals surface area contributed by atoms with Crippen molar-refractivity contribution in [2.75, 3.05) is 0 Å². The minimum atomic E-state index is -0.00248. The van der Waals surface area contributed by atoms with E-state index in [-0.39, 0.29) is 11.8 Å². The molecule has 0 saturated heterocycles. The molecule has 0 amide bonds. The summed E-state index contributed by atoms with van der Waals surface area (Å²) in [6, 6.07) is 16.8. The van der Waals surface area contributed by atoms with Crippen LogP contribution in [-0.4, -0.2) is 24.4 Å². The summed E-state index contributed by atoms with van der Waals surface area (Å²) in [6.45, 7) is 4.97. The maximum atomic E-state index is 5.95. The van der Waals surface area contributed by atoms with Gasteiger partial charge >= 0.3 is 0 Å². The molecule has 6 heterocycles. The number of terminal acetylenes is 1. The molecule has 1 aromatic carbocycles. The Balaban J connectivity index is 0.979. The molecule has 0 radical (unpaired) electrons. The smallest absolute Gasteiger partial charge is 0.0976 e. The van der Waals surface area contributed by atoms with Crippen LogP contribution in [0, 0.1) is 24.2 Å². The van der Waals surface area contributed by atoms with Crippen molar-refractivity contribution in [1.29, 1.82) is 0 Å². The molecule has 1 aliphatic heterocycles. The minimum Gasteiger partial charge on any atom is -0.330 e. The number of benzene rings is 1. The lowest BCUT2D eigenvalue weighted by Gasteiger charge is -2.29. The summed E-state index contributed by atoms with van der Waals surface area (Å²) in [5.74, 6) is 2.89. The van der Waals surface area contributed by atoms with Crippen LogP contribution in [0.4, 0.5) is 0 Å². The second-order valence-electron chi connectivity index (χ2n) is 21.4. The van der Waals surface area contributed by atoms with Gasteiger partial charge in [-0.3, -0.25) is 14.5 Å². The van der Waals surface area contributed by atoms with Crippen LogP contribution >= 0.6 is 11.3 Å². The zero-order valence-corrected chi connectivity index (χ0v) is 49.0. The van der Waals surface area contributed by atoms with Gasteiger partial charge in [-0.25, -0.2) is 0 Å². The number of thiophene rings is 1. The Labute approximate surface area is 512 Å². The second-order valence-corrected chi connectivity index (χ2v) is 22.4. The predicted molar refractivity (Wildman–Crippen MR) is 364 cm³/mol. The highest BCUT2D eigenvalue weighted by atomic mass is 32.1. The van der Waals surface area contributed by atoms with Crippen LogP contribution in [0.3, 0.4) is 0 Å². The van der Waals surface area contributed by atoms with E-state index in [4.69, 9.17) is 16.4 Å². The van der Waals surface area contributed by atoms with E-state index in [1.165, 1.54) is 11.3 Å². The number of rotatable bonds is 9. The van der Waals surface area contributed by atoms with Gasteiger partial charge in [0.15, 0.2) is 0 Å². The molecular formula is C82H51N5S. The SMILES string of the molecule is C#CC=C=c1sc2c(/c1=C/Cn1c3/c(c4cc(C5=CC=CC=C=C5C5=NC=CC=C=C5)ccc41)=C\C=C=CC=C=3)=C\C(n1c3c(/c4c1=C=CC=C=C(C1=C=C(c5ccccn5)C=CC=C1)\C=4)=CC(C1C(n4cccc4)=CC(C)=CC1C)=C=CC=3)=C=CC=C=2. The van der Waals surface area contributed by atoms with Crippen molar-refractivity contribution in [2.24, 2.45) is 16.8 Å². The molecule has 0 bridgehead atoms. The van der Waals surface area contributed by atoms with Crippen LogP contribution in [-0.2, 0) is 6.54 Å². The lowest BCUT2D eigenvalue weighted by atomic mass is 9.79. The lowest BCUT2D eigenvalue weighted by molar-refractivity contribution is 0.581. The third-order valence-corrected chi connectivity index (χ3v) is 17.0. The molecular weight excluding hydrogens is 1090 g/mol. The molecule has 0 saturated carbocycles. The minimum absolute atomic E-state index is 0.00248. The van der Waals surface area contributed by atoms with Crippen molar-refractivity contribution in [3.8, 4) is 12.3 Å². The number of pyridine rings is 1. The Morgan fingerprint density at radius 2 is 1.57 bits per heavy atom. The van der Waals surface area contributed by atoms with E-state index >= 15 is 0 Å². The summed E-state index contributed by atoms with van der Waals surface area (Å²) in [5, 5.41) is 8.76. The topological polar surface area (TPSA) is 40.0 Å². The van der Waals surface area contributed by atoms with Crippen molar-refractivity contribution < 1.29 is 0 Å². The number of fused-ring (bicyclic) bond motifs is 7. The molecule has 7 aliphatic carbocycles. The fourth-order valence-electron chi connectivity index (χ4n) is 12.1. The number of nitrogens with zero attached hydrogens (tertiary/aromatic N) is 5. The molecule has 5 nitrogen and oxygen atoms in total. The average molecular weight is 1140 g/mol. The van der Waals surface area contributed by atoms with Gasteiger partial charge in [0.25, 0.3) is 0 Å². The van der Waals surface area contributed by atoms with Gasteiger partial charge in [-0.1, -0.05) is 96.0 Å². The van der Waals surface area contributed by atoms with Crippen LogP contribution in [0.5, 0.6) is 0 Å². The summed E-state index contributed by atoms with van der Waals surface area (Å²) in [6.07, 6.45) is 71.1. The van der Waals surface area contributed by atoms with Crippen LogP contribution < -0.4 is 51.2 Å². The molecule has 6 aromatic rings. The molecule has 0 N–H and O–H groups in total. The van der Waals surface area contributed by atoms with Crippen molar-refractivity contribution in [3.05, 3.63) is 337 Å². The first-order valence-electron chi connectivity index (χ1n) is 29.0. The second kappa shape index (κ2) is 24.0. The van der Waals surface area contributed by atoms with Crippen LogP contribution in [0.1, 0.15) is 25.1 Å². The summed E-state index contributed by atoms with van der Waals surface area (Å²) < 4.78 is 8.65. The maximum Gasteiger partial charge on any atom is 0.0976 e. The van der Waals surface area contributed by atoms with Crippen LogP contribution in [0.2, 0.25) is 0 Å². The average Bonchev–Trinajstić information content (AvgIpc) is 1.68. The van der Waals surface area contributed by atoms with Gasteiger partial charge in [-0.05, 0) is 176 Å². The maximum absolute atomic E-state index is 5.95. The first-order valence-corrected chi connectivity index (χ1v) is 29.9. The standard InChI is InChI=1S/C82H51N5S/c1-4-5-40-80-68(44-49-86-75-37-14-7-6-10-34-67(75)69-54-61(42-43-76(69)86)65-32-11-8-12-33-66(65)74-36-13-9-22-45-84-74)72-56-64(31-18-20-41-81(72)88-80)87-77-38-19-17-28-60(59-27-15-16-29-62(52-59)73-35-21-23-46-83-73)53-70(77)71-55-63(30-26-39-78(71)87)82-58(3)50-57(2)51-79(82)85-47-24-25-48-85/h1,5,7-12,14-27,29,32,34-36,39,42-48,50-51,53-56,58,82H,49H2,2-3H3/b67-34-,68-44-,70-53-,72-56-. The largest absolute Gasteiger partial charge is 0.330 e. The number of hydrogen-bond acceptors (Lipinski definition) is 3. The molecule has 0 fully saturated rings. The number of aromatic nitrogens is 4. The van der Waals surface area contributed by atoms with E-state index in [9.17, 15) is 0 Å². The molecule has 14 rings (SSSR count). The van der Waals surface area contributed by atoms with Gasteiger partial charge in [-0.15, -0.1) is 57.9 Å². The quantitative estimate of drug-likeness (QED) is 0.105. The monoisotopic (exact) mass is 1140 g/mol. The fourth-order valence-corrected chi connectivity index (χ4v) is 13.1. The Bertz CT molecular complexity index is 5870. The number of aliphatic imine (C=N–C) groups is 1. The van der Waals surface area contributed by atoms with Gasteiger partial charge < -0.3 is 9.13 Å². The third-order valence-electron chi connectivity index (χ3n) is 15.9. The molecule has 2 atom stereocenters. The molecule has 88 heavy (non-hydrogen) atoms. The highest BCUT2D eigenvalue weighted by Crippen LogP contribution is 2.38. The van der Waals surface area contributed by atoms with Gasteiger partial charge in [-0.2, -0.15) is 0 Å². The highest BCUT2D eigenvalue weighted by Gasteiger charge is 2.28. The molecule has 8 aliphatic rings. The molecule has 2 unspecified atom stereocenters. The van der Waals surface area contributed by atoms with Crippen LogP contribution in [0.25, 0.3) is 92.8 Å². The Hall–Kier alpha value is -12.0. The zero-order valence-electron chi connectivity index (χ0n) is 48.2. The van der Waals surface area contributed by atoms with E-state index in [1.807, 2.05) is 122 Å². The van der Waals surface area contributed by atoms with E-state index in [2.05, 4.69) is 206 Å². The molecule has 6 heteroatoms. The van der Waals surface area contributed by atoms with E-state index in [0.717, 1.165) is 118 Å². The Morgan fingerprint density at radius 3 is 2.47 bits per heavy atom. The van der Waals surface area contributed by atoms with Crippen molar-refractivity contribution >= 4 is 110 Å². The van der Waals surface area contributed by atoms with Gasteiger partial charge in [0.05, 0.1) is 47.8 Å². The van der Waals surface area contributed by atoms with Gasteiger partial charge in [0, 0.05) is 114 Å². The van der Waals surface area contributed by atoms with E-state index < -0.39 is 0 Å². The van der Waals surface area contributed by atoms with E-state index in [1.54, 1.807) is 23.6 Å². The third kappa shape index (κ3) is 10.5. The molecule has 5 aromatic heterocycles. The predicted octanol–water partition coefficient (Wildman–Crippen LogP) is 9.29. The van der Waals surface area contributed by atoms with Gasteiger partial charge in [0.1, 0.15) is 0 Å². The summed E-state index contributed by atoms with van der Waals surface area (Å²) in [7, 11) is 0. The fraction of sp³-hybridized carbons (Fsp3) is 0.0610. The number of hydrogen-bond donors (Lipinski definition) is 0. The summed E-state index contributed by atoms with van der Waals surface area (Å²) >= 11 is 1.60. The summed E-state index contributed by atoms with van der Waals surface area (Å²) in [4.78, 5) is 9.46. The Morgan fingerprint density at radius 1 is 0.705 bits per heavy atom. The highest BCUT2D eigenvalue weighted by molar-refractivity contribution is 7.07. The van der Waals surface area contributed by atoms with Gasteiger partial charge in [0.2, 0.25) is 0 Å². The van der Waals surface area contributed by atoms with E-state index in [0.29, 0.717) is 6.54 Å². The molecule has 410 valence electrons. The number of allylic oxidation sites excluding steroid dienone is 24. The van der Waals surface area contributed by atoms with Crippen molar-refractivity contribution in [3.63, 3.8) is 0 Å². The normalized spacial score (nSPS) is 19.1. The first kappa shape index (κ1) is 54.0. The molecule has 0 spiro atoms. The Kier molecular flexibility index (Phi) is 14.7.